The van der Waals surface area contributed by atoms with Gasteiger partial charge >= 0.3 is 0 Å². The third kappa shape index (κ3) is 4.69. The van der Waals surface area contributed by atoms with Crippen molar-refractivity contribution in [3.63, 3.8) is 0 Å². The van der Waals surface area contributed by atoms with Gasteiger partial charge in [-0.1, -0.05) is 12.1 Å². The van der Waals surface area contributed by atoms with Crippen LogP contribution in [0.25, 0.3) is 0 Å². The predicted octanol–water partition coefficient (Wildman–Crippen LogP) is 1.85. The van der Waals surface area contributed by atoms with Crippen molar-refractivity contribution >= 4 is 18.3 Å². The van der Waals surface area contributed by atoms with Crippen LogP contribution in [0.1, 0.15) is 42.4 Å². The molecule has 2 rings (SSSR count). The average Bonchev–Trinajstić information content (AvgIpc) is 2.94. The minimum atomic E-state index is -0.0372. The third-order valence-corrected chi connectivity index (χ3v) is 3.54. The molecular formula is C14H24ClN3O3. The van der Waals surface area contributed by atoms with Crippen LogP contribution in [-0.2, 0) is 11.3 Å². The van der Waals surface area contributed by atoms with Crippen molar-refractivity contribution in [1.82, 2.24) is 15.4 Å². The number of ether oxygens (including phenoxy) is 1. The maximum absolute atomic E-state index is 12.6. The number of methoxy groups -OCH3 is 1. The molecule has 1 aromatic heterocycles. The van der Waals surface area contributed by atoms with Gasteiger partial charge in [-0.25, -0.2) is 0 Å². The van der Waals surface area contributed by atoms with Gasteiger partial charge in [0.15, 0.2) is 11.5 Å². The van der Waals surface area contributed by atoms with Gasteiger partial charge in [0.25, 0.3) is 5.91 Å². The van der Waals surface area contributed by atoms with E-state index < -0.39 is 0 Å². The van der Waals surface area contributed by atoms with Crippen LogP contribution in [0, 0.1) is 0 Å². The number of rotatable bonds is 6. The molecule has 0 atom stereocenters. The smallest absolute Gasteiger partial charge is 0.276 e. The molecule has 1 aromatic rings. The van der Waals surface area contributed by atoms with Gasteiger partial charge in [0, 0.05) is 25.8 Å². The summed E-state index contributed by atoms with van der Waals surface area (Å²) < 4.78 is 10.1. The molecule has 120 valence electrons. The van der Waals surface area contributed by atoms with Crippen molar-refractivity contribution in [2.24, 2.45) is 0 Å². The molecule has 0 radical (unpaired) electrons. The van der Waals surface area contributed by atoms with Crippen molar-refractivity contribution in [2.75, 3.05) is 26.7 Å². The van der Waals surface area contributed by atoms with E-state index in [9.17, 15) is 4.79 Å². The Bertz CT molecular complexity index is 433. The van der Waals surface area contributed by atoms with E-state index in [1.807, 2.05) is 4.90 Å². The summed E-state index contributed by atoms with van der Waals surface area (Å²) in [6.45, 7) is 5.11. The highest BCUT2D eigenvalue weighted by atomic mass is 35.5. The highest BCUT2D eigenvalue weighted by molar-refractivity contribution is 5.92. The number of aromatic nitrogens is 1. The number of piperidine rings is 1. The molecule has 0 bridgehead atoms. The maximum atomic E-state index is 12.6. The van der Waals surface area contributed by atoms with Crippen molar-refractivity contribution in [1.29, 1.82) is 0 Å². The van der Waals surface area contributed by atoms with Crippen molar-refractivity contribution in [3.8, 4) is 0 Å². The van der Waals surface area contributed by atoms with E-state index in [1.54, 1.807) is 13.2 Å². The Morgan fingerprint density at radius 2 is 2.24 bits per heavy atom. The lowest BCUT2D eigenvalue weighted by atomic mass is 10.0. The molecule has 0 aromatic carbocycles. The Labute approximate surface area is 131 Å². The zero-order chi connectivity index (χ0) is 14.4. The van der Waals surface area contributed by atoms with E-state index in [4.69, 9.17) is 9.26 Å². The van der Waals surface area contributed by atoms with Crippen LogP contribution in [0.4, 0.5) is 0 Å². The topological polar surface area (TPSA) is 67.6 Å². The first-order chi connectivity index (χ1) is 9.76. The molecule has 0 aliphatic carbocycles. The minimum Gasteiger partial charge on any atom is -0.377 e. The second-order valence-corrected chi connectivity index (χ2v) is 5.09. The van der Waals surface area contributed by atoms with E-state index in [1.165, 1.54) is 0 Å². The van der Waals surface area contributed by atoms with Crippen LogP contribution in [0.2, 0.25) is 0 Å². The quantitative estimate of drug-likeness (QED) is 0.867. The first-order valence-corrected chi connectivity index (χ1v) is 7.22. The van der Waals surface area contributed by atoms with Gasteiger partial charge in [-0.15, -0.1) is 12.4 Å². The van der Waals surface area contributed by atoms with E-state index in [0.717, 1.165) is 38.9 Å². The lowest BCUT2D eigenvalue weighted by Gasteiger charge is -2.34. The van der Waals surface area contributed by atoms with E-state index in [-0.39, 0.29) is 18.3 Å². The third-order valence-electron chi connectivity index (χ3n) is 3.54. The molecule has 1 N–H and O–H groups in total. The summed E-state index contributed by atoms with van der Waals surface area (Å²) in [5, 5.41) is 7.19. The van der Waals surface area contributed by atoms with E-state index in [0.29, 0.717) is 24.1 Å². The monoisotopic (exact) mass is 317 g/mol. The van der Waals surface area contributed by atoms with Crippen molar-refractivity contribution in [3.05, 3.63) is 17.5 Å². The summed E-state index contributed by atoms with van der Waals surface area (Å²) in [5.41, 5.74) is 0.379. The summed E-state index contributed by atoms with van der Waals surface area (Å²) in [6, 6.07) is 1.97. The molecule has 1 fully saturated rings. The summed E-state index contributed by atoms with van der Waals surface area (Å²) in [4.78, 5) is 14.5. The molecule has 0 unspecified atom stereocenters. The Balaban J connectivity index is 0.00000220. The molecule has 6 nitrogen and oxygen atoms in total. The molecule has 1 saturated heterocycles. The zero-order valence-corrected chi connectivity index (χ0v) is 13.4. The van der Waals surface area contributed by atoms with Crippen LogP contribution in [0.3, 0.4) is 0 Å². The van der Waals surface area contributed by atoms with Gasteiger partial charge < -0.3 is 19.5 Å². The van der Waals surface area contributed by atoms with Gasteiger partial charge in [-0.05, 0) is 32.4 Å². The highest BCUT2D eigenvalue weighted by Gasteiger charge is 2.27. The first-order valence-electron chi connectivity index (χ1n) is 7.22. The van der Waals surface area contributed by atoms with Crippen LogP contribution in [0.5, 0.6) is 0 Å². The lowest BCUT2D eigenvalue weighted by Crippen LogP contribution is -2.46. The Hall–Kier alpha value is -1.11. The van der Waals surface area contributed by atoms with E-state index >= 15 is 0 Å². The normalized spacial score (nSPS) is 15.5. The van der Waals surface area contributed by atoms with Crippen LogP contribution >= 0.6 is 12.4 Å². The molecule has 1 aliphatic heterocycles. The number of nitrogens with zero attached hydrogens (tertiary/aromatic N) is 2. The molecule has 1 amide bonds. The summed E-state index contributed by atoms with van der Waals surface area (Å²) in [7, 11) is 1.59. The van der Waals surface area contributed by atoms with Crippen LogP contribution < -0.4 is 5.32 Å². The molecule has 21 heavy (non-hydrogen) atoms. The molecule has 1 aliphatic rings. The number of carbonyl (C=O) groups is 1. The molecule has 2 heterocycles. The average molecular weight is 318 g/mol. The largest absolute Gasteiger partial charge is 0.377 e. The van der Waals surface area contributed by atoms with Gasteiger partial charge in [-0.2, -0.15) is 0 Å². The van der Waals surface area contributed by atoms with Crippen molar-refractivity contribution in [2.45, 2.75) is 38.8 Å². The molecule has 7 heteroatoms. The number of nitrogens with one attached hydrogen (secondary N) is 1. The van der Waals surface area contributed by atoms with Gasteiger partial charge in [0.1, 0.15) is 6.61 Å². The SMILES string of the molecule is CCCN(C(=O)c1cc(COC)on1)C1CCNCC1.Cl. The first kappa shape index (κ1) is 17.9. The number of hydrogen-bond donors (Lipinski definition) is 1. The van der Waals surface area contributed by atoms with Gasteiger partial charge in [-0.3, -0.25) is 4.79 Å². The Kier molecular flexibility index (Phi) is 7.71. The highest BCUT2D eigenvalue weighted by Crippen LogP contribution is 2.16. The van der Waals surface area contributed by atoms with Gasteiger partial charge in [0.2, 0.25) is 0 Å². The van der Waals surface area contributed by atoms with Crippen LogP contribution in [-0.4, -0.2) is 48.7 Å². The fraction of sp³-hybridized carbons (Fsp3) is 0.714. The summed E-state index contributed by atoms with van der Waals surface area (Å²) in [5.74, 6) is 0.544. The predicted molar refractivity (Wildman–Crippen MR) is 81.7 cm³/mol. The Morgan fingerprint density at radius 1 is 1.52 bits per heavy atom. The van der Waals surface area contributed by atoms with Gasteiger partial charge in [0.05, 0.1) is 0 Å². The van der Waals surface area contributed by atoms with Crippen molar-refractivity contribution < 1.29 is 14.1 Å². The summed E-state index contributed by atoms with van der Waals surface area (Å²) >= 11 is 0. The second kappa shape index (κ2) is 9.02. The standard InChI is InChI=1S/C14H23N3O3.ClH/c1-3-8-17(11-4-6-15-7-5-11)14(18)13-9-12(10-19-2)20-16-13;/h9,11,15H,3-8,10H2,1-2H3;1H. The molecular weight excluding hydrogens is 294 g/mol. The Morgan fingerprint density at radius 3 is 2.86 bits per heavy atom. The number of carbonyl (C=O) groups excluding carboxylic acids is 1. The number of halogens is 1. The molecule has 0 spiro atoms. The summed E-state index contributed by atoms with van der Waals surface area (Å²) in [6.07, 6.45) is 2.93. The molecule has 0 saturated carbocycles. The second-order valence-electron chi connectivity index (χ2n) is 5.09. The maximum Gasteiger partial charge on any atom is 0.276 e. The lowest BCUT2D eigenvalue weighted by molar-refractivity contribution is 0.0631. The van der Waals surface area contributed by atoms with E-state index in [2.05, 4.69) is 17.4 Å². The number of hydrogen-bond acceptors (Lipinski definition) is 5. The fourth-order valence-electron chi connectivity index (χ4n) is 2.58. The number of amides is 1. The fourth-order valence-corrected chi connectivity index (χ4v) is 2.58. The minimum absolute atomic E-state index is 0. The van der Waals surface area contributed by atoms with Crippen LogP contribution in [0.15, 0.2) is 10.6 Å². The zero-order valence-electron chi connectivity index (χ0n) is 12.6.